The predicted octanol–water partition coefficient (Wildman–Crippen LogP) is 2.75. The predicted molar refractivity (Wildman–Crippen MR) is 55.0 cm³/mol. The Bertz CT molecular complexity index is 329. The number of aldehydes is 1. The SMILES string of the molecule is C/C=C\Nc1ccc(C)cc1C=O. The molecule has 0 aliphatic rings. The summed E-state index contributed by atoms with van der Waals surface area (Å²) in [6, 6.07) is 5.73. The van der Waals surface area contributed by atoms with Crippen LogP contribution >= 0.6 is 0 Å². The van der Waals surface area contributed by atoms with Gasteiger partial charge in [0.05, 0.1) is 0 Å². The molecule has 0 spiro atoms. The molecule has 0 saturated carbocycles. The largest absolute Gasteiger partial charge is 0.361 e. The second-order valence-corrected chi connectivity index (χ2v) is 2.85. The highest BCUT2D eigenvalue weighted by Crippen LogP contribution is 2.14. The fourth-order valence-corrected chi connectivity index (χ4v) is 1.08. The molecule has 0 amide bonds. The van der Waals surface area contributed by atoms with Crippen LogP contribution in [0.25, 0.3) is 0 Å². The topological polar surface area (TPSA) is 29.1 Å². The number of anilines is 1. The fourth-order valence-electron chi connectivity index (χ4n) is 1.08. The molecule has 0 saturated heterocycles. The summed E-state index contributed by atoms with van der Waals surface area (Å²) in [6.45, 7) is 3.88. The van der Waals surface area contributed by atoms with Crippen molar-refractivity contribution in [3.05, 3.63) is 41.6 Å². The third-order valence-electron chi connectivity index (χ3n) is 1.74. The van der Waals surface area contributed by atoms with Crippen molar-refractivity contribution < 1.29 is 4.79 Å². The van der Waals surface area contributed by atoms with Gasteiger partial charge in [0.25, 0.3) is 0 Å². The number of hydrogen-bond donors (Lipinski definition) is 1. The van der Waals surface area contributed by atoms with Crippen LogP contribution in [0.5, 0.6) is 0 Å². The number of carbonyl (C=O) groups excluding carboxylic acids is 1. The lowest BCUT2D eigenvalue weighted by Gasteiger charge is -2.04. The van der Waals surface area contributed by atoms with E-state index in [0.29, 0.717) is 5.56 Å². The quantitative estimate of drug-likeness (QED) is 0.716. The molecule has 1 rings (SSSR count). The summed E-state index contributed by atoms with van der Waals surface area (Å²) in [6.07, 6.45) is 4.55. The van der Waals surface area contributed by atoms with E-state index < -0.39 is 0 Å². The van der Waals surface area contributed by atoms with Gasteiger partial charge in [-0.15, -0.1) is 0 Å². The van der Waals surface area contributed by atoms with Gasteiger partial charge < -0.3 is 5.32 Å². The third kappa shape index (κ3) is 2.44. The Labute approximate surface area is 78.3 Å². The highest BCUT2D eigenvalue weighted by Gasteiger charge is 1.98. The van der Waals surface area contributed by atoms with Crippen LogP contribution in [0.1, 0.15) is 22.8 Å². The first-order valence-corrected chi connectivity index (χ1v) is 4.21. The van der Waals surface area contributed by atoms with Crippen LogP contribution in [-0.2, 0) is 0 Å². The average molecular weight is 175 g/mol. The number of rotatable bonds is 3. The van der Waals surface area contributed by atoms with Gasteiger partial charge in [-0.2, -0.15) is 0 Å². The number of allylic oxidation sites excluding steroid dienone is 1. The number of hydrogen-bond acceptors (Lipinski definition) is 2. The van der Waals surface area contributed by atoms with Gasteiger partial charge in [0.1, 0.15) is 0 Å². The Balaban J connectivity index is 2.98. The van der Waals surface area contributed by atoms with Crippen LogP contribution in [0, 0.1) is 6.92 Å². The third-order valence-corrected chi connectivity index (χ3v) is 1.74. The van der Waals surface area contributed by atoms with Crippen molar-refractivity contribution in [2.24, 2.45) is 0 Å². The second kappa shape index (κ2) is 4.45. The highest BCUT2D eigenvalue weighted by atomic mass is 16.1. The summed E-state index contributed by atoms with van der Waals surface area (Å²) >= 11 is 0. The molecule has 68 valence electrons. The maximum absolute atomic E-state index is 10.7. The van der Waals surface area contributed by atoms with Gasteiger partial charge in [-0.05, 0) is 32.2 Å². The van der Waals surface area contributed by atoms with Crippen LogP contribution in [-0.4, -0.2) is 6.29 Å². The molecule has 0 aromatic heterocycles. The Morgan fingerprint density at radius 2 is 2.15 bits per heavy atom. The zero-order valence-corrected chi connectivity index (χ0v) is 7.87. The lowest BCUT2D eigenvalue weighted by molar-refractivity contribution is 0.112. The average Bonchev–Trinajstić information content (AvgIpc) is 2.16. The molecule has 1 N–H and O–H groups in total. The van der Waals surface area contributed by atoms with Gasteiger partial charge >= 0.3 is 0 Å². The first-order chi connectivity index (χ1) is 6.27. The molecule has 0 aliphatic carbocycles. The van der Waals surface area contributed by atoms with Crippen molar-refractivity contribution >= 4 is 12.0 Å². The molecule has 0 heterocycles. The summed E-state index contributed by atoms with van der Waals surface area (Å²) < 4.78 is 0. The van der Waals surface area contributed by atoms with Crippen molar-refractivity contribution in [1.29, 1.82) is 0 Å². The van der Waals surface area contributed by atoms with E-state index in [9.17, 15) is 4.79 Å². The van der Waals surface area contributed by atoms with E-state index in [0.717, 1.165) is 17.5 Å². The lowest BCUT2D eigenvalue weighted by atomic mass is 10.1. The van der Waals surface area contributed by atoms with Crippen LogP contribution in [0.2, 0.25) is 0 Å². The van der Waals surface area contributed by atoms with Crippen molar-refractivity contribution in [2.45, 2.75) is 13.8 Å². The Kier molecular flexibility index (Phi) is 3.26. The zero-order valence-electron chi connectivity index (χ0n) is 7.87. The molecule has 0 unspecified atom stereocenters. The number of benzene rings is 1. The van der Waals surface area contributed by atoms with E-state index >= 15 is 0 Å². The molecule has 0 atom stereocenters. The standard InChI is InChI=1S/C11H13NO/c1-3-6-12-11-5-4-9(2)7-10(11)8-13/h3-8,12H,1-2H3/b6-3-. The van der Waals surface area contributed by atoms with E-state index in [1.54, 1.807) is 6.20 Å². The highest BCUT2D eigenvalue weighted by molar-refractivity contribution is 5.84. The molecular formula is C11H13NO. The molecule has 13 heavy (non-hydrogen) atoms. The summed E-state index contributed by atoms with van der Waals surface area (Å²) in [7, 11) is 0. The first kappa shape index (κ1) is 9.52. The van der Waals surface area contributed by atoms with E-state index in [4.69, 9.17) is 0 Å². The van der Waals surface area contributed by atoms with Crippen LogP contribution in [0.15, 0.2) is 30.5 Å². The summed E-state index contributed by atoms with van der Waals surface area (Å²) in [5.41, 5.74) is 2.63. The Hall–Kier alpha value is -1.57. The maximum Gasteiger partial charge on any atom is 0.152 e. The van der Waals surface area contributed by atoms with Crippen molar-refractivity contribution in [3.8, 4) is 0 Å². The monoisotopic (exact) mass is 175 g/mol. The minimum atomic E-state index is 0.693. The number of nitrogens with one attached hydrogen (secondary N) is 1. The van der Waals surface area contributed by atoms with Gasteiger partial charge in [0.2, 0.25) is 0 Å². The number of carbonyl (C=O) groups is 1. The molecule has 0 fully saturated rings. The first-order valence-electron chi connectivity index (χ1n) is 4.21. The van der Waals surface area contributed by atoms with Gasteiger partial charge in [0.15, 0.2) is 6.29 Å². The molecule has 0 radical (unpaired) electrons. The van der Waals surface area contributed by atoms with Gasteiger partial charge in [-0.25, -0.2) is 0 Å². The van der Waals surface area contributed by atoms with Crippen molar-refractivity contribution in [3.63, 3.8) is 0 Å². The molecule has 1 aromatic rings. The summed E-state index contributed by atoms with van der Waals surface area (Å²) in [4.78, 5) is 10.7. The molecule has 1 aromatic carbocycles. The molecular weight excluding hydrogens is 162 g/mol. The van der Waals surface area contributed by atoms with Crippen molar-refractivity contribution in [2.75, 3.05) is 5.32 Å². The zero-order chi connectivity index (χ0) is 9.68. The Morgan fingerprint density at radius 1 is 1.38 bits per heavy atom. The lowest BCUT2D eigenvalue weighted by Crippen LogP contribution is -1.93. The maximum atomic E-state index is 10.7. The number of aryl methyl sites for hydroxylation is 1. The van der Waals surface area contributed by atoms with E-state index in [-0.39, 0.29) is 0 Å². The smallest absolute Gasteiger partial charge is 0.152 e. The fraction of sp³-hybridized carbons (Fsp3) is 0.182. The second-order valence-electron chi connectivity index (χ2n) is 2.85. The van der Waals surface area contributed by atoms with Crippen LogP contribution in [0.4, 0.5) is 5.69 Å². The van der Waals surface area contributed by atoms with Crippen LogP contribution in [0.3, 0.4) is 0 Å². The summed E-state index contributed by atoms with van der Waals surface area (Å²) in [5.74, 6) is 0. The Morgan fingerprint density at radius 3 is 2.77 bits per heavy atom. The van der Waals surface area contributed by atoms with E-state index in [2.05, 4.69) is 5.32 Å². The normalized spacial score (nSPS) is 10.3. The minimum absolute atomic E-state index is 0.693. The van der Waals surface area contributed by atoms with Gasteiger partial charge in [-0.3, -0.25) is 4.79 Å². The minimum Gasteiger partial charge on any atom is -0.361 e. The molecule has 0 bridgehead atoms. The summed E-state index contributed by atoms with van der Waals surface area (Å²) in [5, 5.41) is 3.03. The van der Waals surface area contributed by atoms with Crippen LogP contribution < -0.4 is 5.32 Å². The molecule has 2 heteroatoms. The van der Waals surface area contributed by atoms with Gasteiger partial charge in [-0.1, -0.05) is 17.7 Å². The molecule has 2 nitrogen and oxygen atoms in total. The van der Waals surface area contributed by atoms with Gasteiger partial charge in [0, 0.05) is 11.3 Å². The molecule has 0 aliphatic heterocycles. The van der Waals surface area contributed by atoms with E-state index in [1.807, 2.05) is 38.1 Å². The van der Waals surface area contributed by atoms with E-state index in [1.165, 1.54) is 0 Å². The van der Waals surface area contributed by atoms with Crippen molar-refractivity contribution in [1.82, 2.24) is 0 Å².